The number of benzene rings is 2. The second kappa shape index (κ2) is 9.75. The van der Waals surface area contributed by atoms with Gasteiger partial charge in [-0.05, 0) is 91.5 Å². The van der Waals surface area contributed by atoms with Crippen LogP contribution in [-0.2, 0) is 0 Å². The molecule has 168 valence electrons. The van der Waals surface area contributed by atoms with Crippen LogP contribution in [0.1, 0.15) is 82.6 Å². The van der Waals surface area contributed by atoms with Crippen molar-refractivity contribution >= 4 is 0 Å². The zero-order chi connectivity index (χ0) is 22.0. The molecule has 0 atom stereocenters. The van der Waals surface area contributed by atoms with E-state index in [0.717, 1.165) is 48.3 Å². The van der Waals surface area contributed by atoms with Crippen LogP contribution in [0, 0.1) is 41.0 Å². The summed E-state index contributed by atoms with van der Waals surface area (Å²) in [6.45, 7) is 2.28. The summed E-state index contributed by atoms with van der Waals surface area (Å²) in [5.41, 5.74) is 1.07. The van der Waals surface area contributed by atoms with Crippen molar-refractivity contribution in [1.82, 2.24) is 0 Å². The van der Waals surface area contributed by atoms with Crippen molar-refractivity contribution in [2.75, 3.05) is 0 Å². The molecule has 4 heteroatoms. The maximum absolute atomic E-state index is 14.8. The molecular weight excluding hydrogens is 400 g/mol. The normalized spacial score (nSPS) is 26.7. The molecule has 0 radical (unpaired) electrons. The van der Waals surface area contributed by atoms with Gasteiger partial charge in [0.15, 0.2) is 17.5 Å². The summed E-state index contributed by atoms with van der Waals surface area (Å²) >= 11 is 0. The lowest BCUT2D eigenvalue weighted by Gasteiger charge is -2.38. The molecule has 4 rings (SSSR count). The lowest BCUT2D eigenvalue weighted by molar-refractivity contribution is 0.156. The highest BCUT2D eigenvalue weighted by Gasteiger charge is 2.31. The van der Waals surface area contributed by atoms with E-state index in [9.17, 15) is 17.6 Å². The summed E-state index contributed by atoms with van der Waals surface area (Å²) in [5.74, 6) is -1.73. The van der Waals surface area contributed by atoms with Crippen LogP contribution in [0.15, 0.2) is 30.3 Å². The third-order valence-corrected chi connectivity index (χ3v) is 7.79. The maximum Gasteiger partial charge on any atom is 0.194 e. The first-order valence-electron chi connectivity index (χ1n) is 11.9. The number of halogens is 4. The van der Waals surface area contributed by atoms with Crippen molar-refractivity contribution in [2.24, 2.45) is 17.8 Å². The van der Waals surface area contributed by atoms with Crippen LogP contribution in [0.3, 0.4) is 0 Å². The van der Waals surface area contributed by atoms with Gasteiger partial charge < -0.3 is 0 Å². The van der Waals surface area contributed by atoms with Gasteiger partial charge in [0.05, 0.1) is 0 Å². The van der Waals surface area contributed by atoms with E-state index < -0.39 is 23.3 Å². The van der Waals surface area contributed by atoms with Gasteiger partial charge in [0.2, 0.25) is 0 Å². The van der Waals surface area contributed by atoms with Crippen LogP contribution in [0.25, 0.3) is 11.1 Å². The Morgan fingerprint density at radius 3 is 1.84 bits per heavy atom. The Labute approximate surface area is 183 Å². The van der Waals surface area contributed by atoms with Crippen LogP contribution >= 0.6 is 0 Å². The maximum atomic E-state index is 14.8. The molecule has 0 amide bonds. The van der Waals surface area contributed by atoms with Gasteiger partial charge in [0.25, 0.3) is 0 Å². The molecule has 31 heavy (non-hydrogen) atoms. The van der Waals surface area contributed by atoms with Gasteiger partial charge in [0, 0.05) is 5.56 Å². The van der Waals surface area contributed by atoms with Gasteiger partial charge in [-0.25, -0.2) is 17.6 Å². The van der Waals surface area contributed by atoms with E-state index in [-0.39, 0.29) is 11.1 Å². The number of hydrogen-bond donors (Lipinski definition) is 0. The van der Waals surface area contributed by atoms with E-state index in [1.54, 1.807) is 6.07 Å². The van der Waals surface area contributed by atoms with Crippen LogP contribution in [0.4, 0.5) is 17.6 Å². The fourth-order valence-corrected chi connectivity index (χ4v) is 6.01. The minimum atomic E-state index is -1.53. The number of rotatable bonds is 5. The van der Waals surface area contributed by atoms with Crippen LogP contribution in [0.5, 0.6) is 0 Å². The molecule has 0 spiro atoms. The fourth-order valence-electron chi connectivity index (χ4n) is 6.01. The van der Waals surface area contributed by atoms with Gasteiger partial charge in [-0.3, -0.25) is 0 Å². The smallest absolute Gasteiger partial charge is 0.194 e. The molecule has 0 nitrogen and oxygen atoms in total. The molecule has 2 fully saturated rings. The zero-order valence-corrected chi connectivity index (χ0v) is 18.3. The highest BCUT2D eigenvalue weighted by molar-refractivity contribution is 5.65. The Hall–Kier alpha value is -1.84. The molecule has 0 aromatic heterocycles. The molecule has 2 aromatic rings. The van der Waals surface area contributed by atoms with Crippen molar-refractivity contribution in [2.45, 2.75) is 77.0 Å². The van der Waals surface area contributed by atoms with E-state index >= 15 is 0 Å². The predicted molar refractivity (Wildman–Crippen MR) is 117 cm³/mol. The molecule has 2 aliphatic carbocycles. The summed E-state index contributed by atoms with van der Waals surface area (Å²) in [6.07, 6.45) is 12.7. The van der Waals surface area contributed by atoms with Crippen LogP contribution < -0.4 is 0 Å². The molecule has 0 saturated heterocycles. The summed E-state index contributed by atoms with van der Waals surface area (Å²) in [4.78, 5) is 0. The van der Waals surface area contributed by atoms with E-state index in [2.05, 4.69) is 6.92 Å². The molecule has 0 aliphatic heterocycles. The highest BCUT2D eigenvalue weighted by Crippen LogP contribution is 2.44. The topological polar surface area (TPSA) is 0 Å². The number of hydrogen-bond acceptors (Lipinski definition) is 0. The average molecular weight is 433 g/mol. The van der Waals surface area contributed by atoms with Crippen molar-refractivity contribution in [3.05, 3.63) is 59.2 Å². The molecule has 2 aromatic carbocycles. The van der Waals surface area contributed by atoms with E-state index in [0.29, 0.717) is 5.92 Å². The molecule has 0 N–H and O–H groups in total. The first-order chi connectivity index (χ1) is 15.0. The Morgan fingerprint density at radius 1 is 0.710 bits per heavy atom. The summed E-state index contributed by atoms with van der Waals surface area (Å²) in [5, 5.41) is 0. The van der Waals surface area contributed by atoms with Gasteiger partial charge in [0.1, 0.15) is 5.82 Å². The van der Waals surface area contributed by atoms with Crippen molar-refractivity contribution in [3.63, 3.8) is 0 Å². The second-order valence-corrected chi connectivity index (χ2v) is 9.67. The summed E-state index contributed by atoms with van der Waals surface area (Å²) < 4.78 is 55.1. The predicted octanol–water partition coefficient (Wildman–Crippen LogP) is 8.79. The van der Waals surface area contributed by atoms with Crippen molar-refractivity contribution < 1.29 is 17.6 Å². The third kappa shape index (κ3) is 4.99. The highest BCUT2D eigenvalue weighted by atomic mass is 19.2. The third-order valence-electron chi connectivity index (χ3n) is 7.79. The Morgan fingerprint density at radius 2 is 1.29 bits per heavy atom. The van der Waals surface area contributed by atoms with E-state index in [1.807, 2.05) is 6.07 Å². The van der Waals surface area contributed by atoms with Gasteiger partial charge >= 0.3 is 0 Å². The van der Waals surface area contributed by atoms with E-state index in [1.165, 1.54) is 57.4 Å². The standard InChI is InChI=1S/C27H32F4/c1-2-3-17-4-6-18(7-5-17)19-8-10-20(11-9-19)21-12-13-23(24(28)14-21)22-15-25(29)27(31)26(30)16-22/h12-20H,2-11H2,1H3. The Kier molecular flexibility index (Phi) is 7.03. The zero-order valence-electron chi connectivity index (χ0n) is 18.3. The first kappa shape index (κ1) is 22.4. The SMILES string of the molecule is CCCC1CCC(C2CCC(c3ccc(-c4cc(F)c(F)c(F)c4)c(F)c3)CC2)CC1. The minimum absolute atomic E-state index is 0.0165. The van der Waals surface area contributed by atoms with Crippen LogP contribution in [0.2, 0.25) is 0 Å². The molecule has 2 aliphatic rings. The van der Waals surface area contributed by atoms with Gasteiger partial charge in [-0.2, -0.15) is 0 Å². The Bertz CT molecular complexity index is 867. The lowest BCUT2D eigenvalue weighted by Crippen LogP contribution is -2.25. The first-order valence-corrected chi connectivity index (χ1v) is 11.9. The molecular formula is C27H32F4. The second-order valence-electron chi connectivity index (χ2n) is 9.67. The largest absolute Gasteiger partial charge is 0.206 e. The molecule has 0 heterocycles. The van der Waals surface area contributed by atoms with Crippen molar-refractivity contribution in [1.29, 1.82) is 0 Å². The minimum Gasteiger partial charge on any atom is -0.206 e. The van der Waals surface area contributed by atoms with Gasteiger partial charge in [-0.1, -0.05) is 44.7 Å². The molecule has 2 saturated carbocycles. The van der Waals surface area contributed by atoms with Gasteiger partial charge in [-0.15, -0.1) is 0 Å². The average Bonchev–Trinajstić information content (AvgIpc) is 2.78. The monoisotopic (exact) mass is 432 g/mol. The van der Waals surface area contributed by atoms with Crippen molar-refractivity contribution in [3.8, 4) is 11.1 Å². The molecule has 0 unspecified atom stereocenters. The van der Waals surface area contributed by atoms with Crippen LogP contribution in [-0.4, -0.2) is 0 Å². The molecule has 0 bridgehead atoms. The quantitative estimate of drug-likeness (QED) is 0.327. The summed E-state index contributed by atoms with van der Waals surface area (Å²) in [7, 11) is 0. The fraction of sp³-hybridized carbons (Fsp3) is 0.556. The summed E-state index contributed by atoms with van der Waals surface area (Å²) in [6, 6.07) is 6.61. The Balaban J connectivity index is 1.38. The lowest BCUT2D eigenvalue weighted by atomic mass is 9.68. The van der Waals surface area contributed by atoms with E-state index in [4.69, 9.17) is 0 Å².